The average molecular weight is 1010 g/mol. The molecule has 5 saturated heterocycles. The van der Waals surface area contributed by atoms with Gasteiger partial charge in [0.2, 0.25) is 41.2 Å². The SMILES string of the molecule is Cc1ncsc1-c1ccc(CNC(=O)C2CC(O)CN2C(=O)C(NC(=O)CCOCCOCCOCCNC(=O)CCC(=O)NN2C(=O)C(C)C3CCC(C)C4CCC5(C)OOC43C2O5)C(C)(C)C)cc1. The number of rotatable bonds is 22. The van der Waals surface area contributed by atoms with Gasteiger partial charge in [0.1, 0.15) is 12.1 Å². The molecule has 6 heterocycles. The van der Waals surface area contributed by atoms with Gasteiger partial charge in [-0.3, -0.25) is 34.2 Å². The van der Waals surface area contributed by atoms with Crippen LogP contribution in [0.1, 0.15) is 104 Å². The van der Waals surface area contributed by atoms with E-state index in [9.17, 15) is 33.9 Å². The van der Waals surface area contributed by atoms with Gasteiger partial charge in [-0.1, -0.05) is 58.9 Å². The molecule has 6 aliphatic rings. The standard InChI is InChI=1S/C50H73N7O13S/c1-30-8-13-37-31(2)45(63)57(47-50(37)36(30)16-18-49(7,68-47)69-70-50)55-41(61)15-14-39(59)51-19-21-66-23-25-67-24-22-65-20-17-40(60)54-43(48(4,5)6)46(64)56-28-35(58)26-38(56)44(62)52-27-33-9-11-34(12-10-33)42-32(3)53-29-71-42/h9-12,29-31,35-38,43,47,58H,8,13-28H2,1-7H3,(H,51,59)(H,52,62)(H,54,60)(H,55,61). The van der Waals surface area contributed by atoms with Crippen molar-refractivity contribution >= 4 is 46.8 Å². The van der Waals surface area contributed by atoms with Crippen LogP contribution in [-0.4, -0.2) is 144 Å². The highest BCUT2D eigenvalue weighted by atomic mass is 32.1. The van der Waals surface area contributed by atoms with Gasteiger partial charge in [-0.05, 0) is 61.5 Å². The van der Waals surface area contributed by atoms with Gasteiger partial charge < -0.3 is 44.9 Å². The molecule has 6 amide bonds. The maximum absolute atomic E-state index is 14.0. The molecule has 392 valence electrons. The van der Waals surface area contributed by atoms with Gasteiger partial charge in [0.15, 0.2) is 11.8 Å². The predicted octanol–water partition coefficient (Wildman–Crippen LogP) is 3.29. The summed E-state index contributed by atoms with van der Waals surface area (Å²) in [6.45, 7) is 15.1. The molecule has 1 aliphatic carbocycles. The number of nitrogens with zero attached hydrogens (tertiary/aromatic N) is 3. The van der Waals surface area contributed by atoms with Crippen LogP contribution in [0.2, 0.25) is 0 Å². The van der Waals surface area contributed by atoms with E-state index in [-0.39, 0.29) is 115 Å². The Hall–Kier alpha value is -4.61. The van der Waals surface area contributed by atoms with Crippen LogP contribution in [0.15, 0.2) is 29.8 Å². The molecule has 5 aliphatic heterocycles. The minimum atomic E-state index is -1.05. The Kier molecular flexibility index (Phi) is 17.9. The summed E-state index contributed by atoms with van der Waals surface area (Å²) in [7, 11) is 0. The first kappa shape index (κ1) is 54.2. The zero-order valence-electron chi connectivity index (χ0n) is 42.1. The van der Waals surface area contributed by atoms with Crippen molar-refractivity contribution in [3.8, 4) is 10.4 Å². The molecule has 6 fully saturated rings. The quantitative estimate of drug-likeness (QED) is 0.0840. The Bertz CT molecular complexity index is 2210. The average Bonchev–Trinajstić information content (AvgIpc) is 3.87. The van der Waals surface area contributed by atoms with Gasteiger partial charge in [0, 0.05) is 63.6 Å². The van der Waals surface area contributed by atoms with E-state index in [2.05, 4.69) is 33.3 Å². The maximum Gasteiger partial charge on any atom is 0.246 e. The number of aliphatic hydroxyl groups excluding tert-OH is 1. The zero-order valence-corrected chi connectivity index (χ0v) is 42.9. The Morgan fingerprint density at radius 1 is 0.887 bits per heavy atom. The first-order valence-electron chi connectivity index (χ1n) is 25.0. The fraction of sp³-hybridized carbons (Fsp3) is 0.700. The van der Waals surface area contributed by atoms with Crippen molar-refractivity contribution in [1.29, 1.82) is 0 Å². The highest BCUT2D eigenvalue weighted by Gasteiger charge is 2.71. The molecule has 2 aromatic rings. The number of aromatic nitrogens is 1. The minimum Gasteiger partial charge on any atom is -0.391 e. The Balaban J connectivity index is 0.731. The molecule has 8 rings (SSSR count). The fourth-order valence-electron chi connectivity index (χ4n) is 10.7. The predicted molar refractivity (Wildman–Crippen MR) is 258 cm³/mol. The van der Waals surface area contributed by atoms with Gasteiger partial charge in [-0.15, -0.1) is 11.3 Å². The number of carbonyl (C=O) groups excluding carboxylic acids is 6. The summed E-state index contributed by atoms with van der Waals surface area (Å²) >= 11 is 1.57. The highest BCUT2D eigenvalue weighted by molar-refractivity contribution is 7.13. The lowest BCUT2D eigenvalue weighted by Gasteiger charge is -2.61. The van der Waals surface area contributed by atoms with Crippen LogP contribution in [0.5, 0.6) is 0 Å². The summed E-state index contributed by atoms with van der Waals surface area (Å²) in [6, 6.07) is 5.99. The van der Waals surface area contributed by atoms with Crippen LogP contribution < -0.4 is 21.4 Å². The van der Waals surface area contributed by atoms with Crippen LogP contribution in [-0.2, 0) is 64.0 Å². The lowest BCUT2D eigenvalue weighted by atomic mass is 9.57. The van der Waals surface area contributed by atoms with Crippen molar-refractivity contribution in [2.24, 2.45) is 29.1 Å². The summed E-state index contributed by atoms with van der Waals surface area (Å²) in [5, 5.41) is 20.3. The maximum atomic E-state index is 14.0. The molecule has 10 unspecified atom stereocenters. The second-order valence-electron chi connectivity index (χ2n) is 20.8. The second-order valence-corrected chi connectivity index (χ2v) is 21.7. The third kappa shape index (κ3) is 12.8. The van der Waals surface area contributed by atoms with E-state index in [1.807, 2.05) is 58.9 Å². The zero-order chi connectivity index (χ0) is 51.1. The number of hydrogen-bond acceptors (Lipinski definition) is 15. The van der Waals surface area contributed by atoms with E-state index in [1.54, 1.807) is 23.8 Å². The number of ether oxygens (including phenoxy) is 4. The van der Waals surface area contributed by atoms with Crippen LogP contribution >= 0.6 is 11.3 Å². The topological polar surface area (TPSA) is 246 Å². The van der Waals surface area contributed by atoms with Gasteiger partial charge in [-0.2, -0.15) is 0 Å². The minimum absolute atomic E-state index is 0.00827. The molecule has 20 nitrogen and oxygen atoms in total. The van der Waals surface area contributed by atoms with Crippen LogP contribution in [0.25, 0.3) is 10.4 Å². The van der Waals surface area contributed by atoms with E-state index in [0.717, 1.165) is 41.0 Å². The number of aliphatic hydroxyl groups is 1. The van der Waals surface area contributed by atoms with Gasteiger partial charge in [0.25, 0.3) is 0 Å². The van der Waals surface area contributed by atoms with Crippen LogP contribution in [0.3, 0.4) is 0 Å². The largest absolute Gasteiger partial charge is 0.391 e. The monoisotopic (exact) mass is 1010 g/mol. The molecule has 71 heavy (non-hydrogen) atoms. The number of likely N-dealkylation sites (tertiary alicyclic amines) is 1. The number of fused-ring (bicyclic) bond motifs is 2. The van der Waals surface area contributed by atoms with Crippen LogP contribution in [0.4, 0.5) is 0 Å². The summed E-state index contributed by atoms with van der Waals surface area (Å²) in [5.74, 6) is -3.45. The molecular weight excluding hydrogens is 939 g/mol. The van der Waals surface area contributed by atoms with E-state index >= 15 is 0 Å². The number of nitrogens with one attached hydrogen (secondary N) is 4. The number of hydrazine groups is 1. The van der Waals surface area contributed by atoms with E-state index in [4.69, 9.17) is 28.7 Å². The van der Waals surface area contributed by atoms with Gasteiger partial charge >= 0.3 is 0 Å². The van der Waals surface area contributed by atoms with Crippen molar-refractivity contribution in [3.05, 3.63) is 41.0 Å². The van der Waals surface area contributed by atoms with Crippen molar-refractivity contribution < 1.29 is 62.6 Å². The first-order chi connectivity index (χ1) is 33.8. The number of carbonyl (C=O) groups is 6. The van der Waals surface area contributed by atoms with Gasteiger partial charge in [0.05, 0.1) is 61.8 Å². The number of hydrogen-bond donors (Lipinski definition) is 5. The third-order valence-electron chi connectivity index (χ3n) is 14.6. The Morgan fingerprint density at radius 3 is 2.27 bits per heavy atom. The molecule has 5 N–H and O–H groups in total. The molecule has 0 radical (unpaired) electrons. The molecular formula is C50H73N7O13S. The fourth-order valence-corrected chi connectivity index (χ4v) is 11.5. The summed E-state index contributed by atoms with van der Waals surface area (Å²) < 4.78 is 23.1. The molecule has 1 saturated carbocycles. The number of thiazole rings is 1. The van der Waals surface area contributed by atoms with Gasteiger partial charge in [-0.25, -0.2) is 19.8 Å². The van der Waals surface area contributed by atoms with E-state index in [1.165, 1.54) is 9.91 Å². The Morgan fingerprint density at radius 2 is 1.58 bits per heavy atom. The molecule has 10 atom stereocenters. The smallest absolute Gasteiger partial charge is 0.246 e. The van der Waals surface area contributed by atoms with Crippen molar-refractivity contribution in [2.75, 3.05) is 52.7 Å². The lowest BCUT2D eigenvalue weighted by molar-refractivity contribution is -0.549. The van der Waals surface area contributed by atoms with E-state index < -0.39 is 64.9 Å². The number of benzene rings is 1. The first-order valence-corrected chi connectivity index (χ1v) is 25.9. The van der Waals surface area contributed by atoms with Crippen molar-refractivity contribution in [2.45, 2.75) is 142 Å². The molecule has 1 spiro atoms. The molecule has 21 heteroatoms. The third-order valence-corrected chi connectivity index (χ3v) is 15.6. The number of β-amino-alcohol motifs (C(OH)–C–C–N with tert-alkyl or cyclic N) is 1. The number of aryl methyl sites for hydroxylation is 1. The number of amides is 6. The van der Waals surface area contributed by atoms with Crippen molar-refractivity contribution in [3.63, 3.8) is 0 Å². The molecule has 2 bridgehead atoms. The number of piperidine rings is 1. The molecule has 1 aromatic heterocycles. The Labute approximate surface area is 419 Å². The summed E-state index contributed by atoms with van der Waals surface area (Å²) in [5.41, 5.74) is 5.84. The highest BCUT2D eigenvalue weighted by Crippen LogP contribution is 2.60. The van der Waals surface area contributed by atoms with Crippen molar-refractivity contribution in [1.82, 2.24) is 36.3 Å². The summed E-state index contributed by atoms with van der Waals surface area (Å²) in [6.07, 6.45) is 1.32. The second kappa shape index (κ2) is 23.5. The normalized spacial score (nSPS) is 28.5. The van der Waals surface area contributed by atoms with E-state index in [0.29, 0.717) is 12.3 Å². The summed E-state index contributed by atoms with van der Waals surface area (Å²) in [4.78, 5) is 98.6. The molecule has 1 aromatic carbocycles. The lowest BCUT2D eigenvalue weighted by Crippen LogP contribution is -2.77. The van der Waals surface area contributed by atoms with Crippen LogP contribution in [0, 0.1) is 36.0 Å².